The molecule has 0 spiro atoms. The van der Waals surface area contributed by atoms with E-state index in [9.17, 15) is 14.3 Å². The third-order valence-electron chi connectivity index (χ3n) is 5.17. The molecule has 138 valence electrons. The molecule has 1 aromatic heterocycles. The monoisotopic (exact) mass is 359 g/mol. The van der Waals surface area contributed by atoms with Crippen LogP contribution in [0.5, 0.6) is 0 Å². The van der Waals surface area contributed by atoms with E-state index in [1.54, 1.807) is 6.20 Å². The van der Waals surface area contributed by atoms with Gasteiger partial charge < -0.3 is 14.7 Å². The Labute approximate surface area is 151 Å². The SMILES string of the molecule is CC(C)(O)C(F)CN1Cc2cc(-c3ccn[nH]3)c(C3COC3)cc2C1=O. The van der Waals surface area contributed by atoms with E-state index in [1.165, 1.54) is 18.7 Å². The van der Waals surface area contributed by atoms with Crippen LogP contribution in [-0.2, 0) is 11.3 Å². The number of ether oxygens (including phenoxy) is 1. The van der Waals surface area contributed by atoms with Gasteiger partial charge in [-0.2, -0.15) is 5.10 Å². The second-order valence-corrected chi connectivity index (χ2v) is 7.61. The molecule has 2 N–H and O–H groups in total. The van der Waals surface area contributed by atoms with Crippen molar-refractivity contribution in [3.05, 3.63) is 41.1 Å². The third kappa shape index (κ3) is 2.91. The number of hydrogen-bond donors (Lipinski definition) is 2. The predicted octanol–water partition coefficient (Wildman–Crippen LogP) is 2.26. The van der Waals surface area contributed by atoms with Crippen molar-refractivity contribution >= 4 is 5.91 Å². The van der Waals surface area contributed by atoms with Crippen LogP contribution in [0, 0.1) is 0 Å². The average molecular weight is 359 g/mol. The van der Waals surface area contributed by atoms with E-state index in [4.69, 9.17) is 4.74 Å². The molecule has 0 aliphatic carbocycles. The molecule has 0 bridgehead atoms. The molecule has 26 heavy (non-hydrogen) atoms. The summed E-state index contributed by atoms with van der Waals surface area (Å²) in [5.41, 5.74) is 2.94. The van der Waals surface area contributed by atoms with Crippen LogP contribution in [0.4, 0.5) is 4.39 Å². The molecule has 1 aromatic carbocycles. The Balaban J connectivity index is 1.68. The number of benzene rings is 1. The first kappa shape index (κ1) is 17.2. The van der Waals surface area contributed by atoms with Gasteiger partial charge in [-0.05, 0) is 43.2 Å². The minimum atomic E-state index is -1.51. The summed E-state index contributed by atoms with van der Waals surface area (Å²) < 4.78 is 19.6. The standard InChI is InChI=1S/C19H22FN3O3/c1-19(2,25)17(20)8-23-7-11-5-15(16-3-4-21-22-16)13(12-9-26-10-12)6-14(11)18(23)24/h3-6,12,17,25H,7-10H2,1-2H3,(H,21,22). The fraction of sp³-hybridized carbons (Fsp3) is 0.474. The number of amides is 1. The zero-order valence-electron chi connectivity index (χ0n) is 14.8. The van der Waals surface area contributed by atoms with Crippen LogP contribution in [0.1, 0.15) is 41.3 Å². The quantitative estimate of drug-likeness (QED) is 0.858. The number of H-pyrrole nitrogens is 1. The van der Waals surface area contributed by atoms with Crippen LogP contribution in [0.2, 0.25) is 0 Å². The molecule has 2 aliphatic rings. The molecule has 1 atom stereocenters. The molecular weight excluding hydrogens is 337 g/mol. The molecule has 1 amide bonds. The number of nitrogens with zero attached hydrogens (tertiary/aromatic N) is 2. The van der Waals surface area contributed by atoms with E-state index in [-0.39, 0.29) is 18.4 Å². The topological polar surface area (TPSA) is 78.4 Å². The van der Waals surface area contributed by atoms with Gasteiger partial charge in [0.1, 0.15) is 6.17 Å². The van der Waals surface area contributed by atoms with Gasteiger partial charge >= 0.3 is 0 Å². The molecular formula is C19H22FN3O3. The maximum atomic E-state index is 14.3. The molecule has 3 heterocycles. The maximum Gasteiger partial charge on any atom is 0.254 e. The summed E-state index contributed by atoms with van der Waals surface area (Å²) in [5.74, 6) is 0.0512. The minimum absolute atomic E-state index is 0.127. The molecule has 7 heteroatoms. The molecule has 0 saturated carbocycles. The highest BCUT2D eigenvalue weighted by atomic mass is 19.1. The molecule has 0 radical (unpaired) electrons. The predicted molar refractivity (Wildman–Crippen MR) is 93.5 cm³/mol. The first-order valence-corrected chi connectivity index (χ1v) is 8.74. The highest BCUT2D eigenvalue weighted by molar-refractivity contribution is 5.99. The summed E-state index contributed by atoms with van der Waals surface area (Å²) in [7, 11) is 0. The Bertz CT molecular complexity index is 825. The fourth-order valence-corrected chi connectivity index (χ4v) is 3.40. The maximum absolute atomic E-state index is 14.3. The number of fused-ring (bicyclic) bond motifs is 1. The van der Waals surface area contributed by atoms with Gasteiger partial charge in [0.15, 0.2) is 0 Å². The zero-order valence-corrected chi connectivity index (χ0v) is 14.8. The van der Waals surface area contributed by atoms with E-state index in [2.05, 4.69) is 10.2 Å². The molecule has 2 aliphatic heterocycles. The minimum Gasteiger partial charge on any atom is -0.387 e. The summed E-state index contributed by atoms with van der Waals surface area (Å²) in [6, 6.07) is 5.80. The highest BCUT2D eigenvalue weighted by Gasteiger charge is 2.36. The van der Waals surface area contributed by atoms with Crippen molar-refractivity contribution in [2.45, 2.75) is 38.1 Å². The van der Waals surface area contributed by atoms with Crippen LogP contribution in [-0.4, -0.2) is 57.6 Å². The van der Waals surface area contributed by atoms with Crippen molar-refractivity contribution in [2.75, 3.05) is 19.8 Å². The normalized spacial score (nSPS) is 18.8. The number of rotatable bonds is 5. The van der Waals surface area contributed by atoms with Crippen molar-refractivity contribution < 1.29 is 19.0 Å². The number of alkyl halides is 1. The number of hydrogen-bond acceptors (Lipinski definition) is 4. The van der Waals surface area contributed by atoms with Gasteiger partial charge in [0, 0.05) is 29.8 Å². The molecule has 4 rings (SSSR count). The van der Waals surface area contributed by atoms with Crippen molar-refractivity contribution in [3.8, 4) is 11.3 Å². The smallest absolute Gasteiger partial charge is 0.254 e. The number of halogens is 1. The van der Waals surface area contributed by atoms with Crippen molar-refractivity contribution in [1.82, 2.24) is 15.1 Å². The van der Waals surface area contributed by atoms with E-state index >= 15 is 0 Å². The van der Waals surface area contributed by atoms with Gasteiger partial charge in [0.05, 0.1) is 31.1 Å². The highest BCUT2D eigenvalue weighted by Crippen LogP contribution is 2.37. The average Bonchev–Trinajstić information content (AvgIpc) is 3.14. The Morgan fingerprint density at radius 3 is 2.77 bits per heavy atom. The summed E-state index contributed by atoms with van der Waals surface area (Å²) in [6.07, 6.45) is 0.185. The summed E-state index contributed by atoms with van der Waals surface area (Å²) in [6.45, 7) is 4.30. The second kappa shape index (κ2) is 6.17. The lowest BCUT2D eigenvalue weighted by molar-refractivity contribution is -0.0159. The van der Waals surface area contributed by atoms with Crippen LogP contribution >= 0.6 is 0 Å². The summed E-state index contributed by atoms with van der Waals surface area (Å²) >= 11 is 0. The number of nitrogens with one attached hydrogen (secondary N) is 1. The van der Waals surface area contributed by atoms with Crippen molar-refractivity contribution in [1.29, 1.82) is 0 Å². The second-order valence-electron chi connectivity index (χ2n) is 7.61. The van der Waals surface area contributed by atoms with E-state index in [0.29, 0.717) is 25.3 Å². The number of carbonyl (C=O) groups is 1. The lowest BCUT2D eigenvalue weighted by Gasteiger charge is -2.28. The van der Waals surface area contributed by atoms with E-state index in [0.717, 1.165) is 22.4 Å². The van der Waals surface area contributed by atoms with Gasteiger partial charge in [0.2, 0.25) is 0 Å². The van der Waals surface area contributed by atoms with Gasteiger partial charge in [-0.15, -0.1) is 0 Å². The Hall–Kier alpha value is -2.25. The number of aliphatic hydroxyl groups is 1. The number of aromatic amines is 1. The first-order chi connectivity index (χ1) is 12.3. The zero-order chi connectivity index (χ0) is 18.5. The molecule has 1 fully saturated rings. The van der Waals surface area contributed by atoms with Gasteiger partial charge in [-0.1, -0.05) is 0 Å². The Morgan fingerprint density at radius 2 is 2.19 bits per heavy atom. The lowest BCUT2D eigenvalue weighted by atomic mass is 9.88. The third-order valence-corrected chi connectivity index (χ3v) is 5.17. The van der Waals surface area contributed by atoms with E-state index in [1.807, 2.05) is 18.2 Å². The van der Waals surface area contributed by atoms with Crippen molar-refractivity contribution in [3.63, 3.8) is 0 Å². The van der Waals surface area contributed by atoms with Gasteiger partial charge in [-0.3, -0.25) is 9.89 Å². The van der Waals surface area contributed by atoms with Crippen molar-refractivity contribution in [2.24, 2.45) is 0 Å². The van der Waals surface area contributed by atoms with Crippen LogP contribution in [0.25, 0.3) is 11.3 Å². The molecule has 1 saturated heterocycles. The molecule has 1 unspecified atom stereocenters. The Kier molecular flexibility index (Phi) is 4.08. The molecule has 2 aromatic rings. The number of carbonyl (C=O) groups excluding carboxylic acids is 1. The van der Waals surface area contributed by atoms with E-state index < -0.39 is 11.8 Å². The largest absolute Gasteiger partial charge is 0.387 e. The van der Waals surface area contributed by atoms with Crippen LogP contribution in [0.3, 0.4) is 0 Å². The van der Waals surface area contributed by atoms with Crippen LogP contribution < -0.4 is 0 Å². The van der Waals surface area contributed by atoms with Crippen LogP contribution in [0.15, 0.2) is 24.4 Å². The lowest BCUT2D eigenvalue weighted by Crippen LogP contribution is -2.42. The molecule has 6 nitrogen and oxygen atoms in total. The van der Waals surface area contributed by atoms with Gasteiger partial charge in [-0.25, -0.2) is 4.39 Å². The first-order valence-electron chi connectivity index (χ1n) is 8.74. The Morgan fingerprint density at radius 1 is 1.42 bits per heavy atom. The fourth-order valence-electron chi connectivity index (χ4n) is 3.40. The summed E-state index contributed by atoms with van der Waals surface area (Å²) in [4.78, 5) is 14.2. The van der Waals surface area contributed by atoms with Gasteiger partial charge in [0.25, 0.3) is 5.91 Å². The number of aromatic nitrogens is 2. The summed E-state index contributed by atoms with van der Waals surface area (Å²) in [5, 5.41) is 16.8.